The zero-order valence-electron chi connectivity index (χ0n) is 10.3. The number of nitrogens with zero attached hydrogens (tertiary/aromatic N) is 1. The molecule has 4 nitrogen and oxygen atoms in total. The number of aryl methyl sites for hydroxylation is 1. The third-order valence-electron chi connectivity index (χ3n) is 2.97. The summed E-state index contributed by atoms with van der Waals surface area (Å²) < 4.78 is 5.04. The minimum absolute atomic E-state index is 0.0162. The zero-order valence-corrected chi connectivity index (χ0v) is 10.3. The second-order valence-corrected chi connectivity index (χ2v) is 4.28. The van der Waals surface area contributed by atoms with Crippen LogP contribution in [0.2, 0.25) is 0 Å². The van der Waals surface area contributed by atoms with Gasteiger partial charge in [0.15, 0.2) is 0 Å². The molecule has 92 valence electrons. The lowest BCUT2D eigenvalue weighted by molar-refractivity contribution is -0.128. The molecule has 1 N–H and O–H groups in total. The highest BCUT2D eigenvalue weighted by molar-refractivity contribution is 5.80. The molecule has 1 saturated heterocycles. The van der Waals surface area contributed by atoms with Crippen LogP contribution >= 0.6 is 0 Å². The van der Waals surface area contributed by atoms with Gasteiger partial charge in [-0.05, 0) is 12.5 Å². The van der Waals surface area contributed by atoms with Crippen molar-refractivity contribution < 1.29 is 9.53 Å². The maximum absolute atomic E-state index is 11.8. The molecule has 1 heterocycles. The summed E-state index contributed by atoms with van der Waals surface area (Å²) in [5.41, 5.74) is 2.34. The molecule has 0 saturated carbocycles. The topological polar surface area (TPSA) is 41.6 Å². The standard InChI is InChI=1S/C13H18N2O2/c1-10-4-3-5-11(8-10)13-14-9-12(16)15(13)6-7-17-2/h3-5,8,13-14H,6-7,9H2,1-2H3. The number of hydrogen-bond donors (Lipinski definition) is 1. The largest absolute Gasteiger partial charge is 0.383 e. The first-order chi connectivity index (χ1) is 8.22. The Morgan fingerprint density at radius 2 is 2.35 bits per heavy atom. The molecule has 1 unspecified atom stereocenters. The Labute approximate surface area is 102 Å². The van der Waals surface area contributed by atoms with Crippen molar-refractivity contribution in [3.8, 4) is 0 Å². The quantitative estimate of drug-likeness (QED) is 0.847. The molecule has 1 aromatic carbocycles. The average molecular weight is 234 g/mol. The van der Waals surface area contributed by atoms with Crippen LogP contribution in [0.4, 0.5) is 0 Å². The normalized spacial score (nSPS) is 20.0. The number of methoxy groups -OCH3 is 1. The van der Waals surface area contributed by atoms with Gasteiger partial charge in [-0.2, -0.15) is 0 Å². The van der Waals surface area contributed by atoms with Crippen molar-refractivity contribution in [3.05, 3.63) is 35.4 Å². The van der Waals surface area contributed by atoms with Gasteiger partial charge in [-0.1, -0.05) is 29.8 Å². The van der Waals surface area contributed by atoms with Gasteiger partial charge in [0.05, 0.1) is 13.2 Å². The molecule has 1 amide bonds. The minimum Gasteiger partial charge on any atom is -0.383 e. The molecule has 17 heavy (non-hydrogen) atoms. The summed E-state index contributed by atoms with van der Waals surface area (Å²) in [5, 5.41) is 3.23. The molecular formula is C13H18N2O2. The van der Waals surface area contributed by atoms with Gasteiger partial charge in [0.1, 0.15) is 6.17 Å². The van der Waals surface area contributed by atoms with Gasteiger partial charge < -0.3 is 9.64 Å². The Morgan fingerprint density at radius 1 is 1.53 bits per heavy atom. The van der Waals surface area contributed by atoms with Crippen molar-refractivity contribution in [3.63, 3.8) is 0 Å². The minimum atomic E-state index is -0.0162. The second-order valence-electron chi connectivity index (χ2n) is 4.28. The van der Waals surface area contributed by atoms with E-state index >= 15 is 0 Å². The Bertz CT molecular complexity index is 406. The monoisotopic (exact) mass is 234 g/mol. The van der Waals surface area contributed by atoms with E-state index in [-0.39, 0.29) is 12.1 Å². The van der Waals surface area contributed by atoms with Gasteiger partial charge in [-0.25, -0.2) is 0 Å². The number of carbonyl (C=O) groups excluding carboxylic acids is 1. The van der Waals surface area contributed by atoms with E-state index in [1.807, 2.05) is 17.0 Å². The third kappa shape index (κ3) is 2.65. The van der Waals surface area contributed by atoms with Crippen LogP contribution in [-0.4, -0.2) is 37.6 Å². The molecule has 0 spiro atoms. The molecule has 1 atom stereocenters. The number of amides is 1. The van der Waals surface area contributed by atoms with E-state index in [1.54, 1.807) is 7.11 Å². The lowest BCUT2D eigenvalue weighted by atomic mass is 10.1. The van der Waals surface area contributed by atoms with E-state index in [2.05, 4.69) is 24.4 Å². The van der Waals surface area contributed by atoms with Crippen molar-refractivity contribution >= 4 is 5.91 Å². The molecular weight excluding hydrogens is 216 g/mol. The average Bonchev–Trinajstić information content (AvgIpc) is 2.68. The van der Waals surface area contributed by atoms with Crippen molar-refractivity contribution in [2.24, 2.45) is 0 Å². The van der Waals surface area contributed by atoms with Gasteiger partial charge in [0.25, 0.3) is 0 Å². The highest BCUT2D eigenvalue weighted by Crippen LogP contribution is 2.22. The van der Waals surface area contributed by atoms with Crippen molar-refractivity contribution in [2.75, 3.05) is 26.8 Å². The SMILES string of the molecule is COCCN1C(=O)CNC1c1cccc(C)c1. The first-order valence-corrected chi connectivity index (χ1v) is 5.80. The van der Waals surface area contributed by atoms with Gasteiger partial charge in [-0.15, -0.1) is 0 Å². The fourth-order valence-electron chi connectivity index (χ4n) is 2.12. The second kappa shape index (κ2) is 5.29. The Hall–Kier alpha value is -1.39. The first kappa shape index (κ1) is 12.1. The van der Waals surface area contributed by atoms with E-state index in [0.29, 0.717) is 19.7 Å². The number of rotatable bonds is 4. The fraction of sp³-hybridized carbons (Fsp3) is 0.462. The molecule has 0 aromatic heterocycles. The summed E-state index contributed by atoms with van der Waals surface area (Å²) in [6.45, 7) is 3.65. The number of nitrogens with one attached hydrogen (secondary N) is 1. The Kier molecular flexibility index (Phi) is 3.76. The van der Waals surface area contributed by atoms with Crippen molar-refractivity contribution in [1.29, 1.82) is 0 Å². The Balaban J connectivity index is 2.16. The molecule has 1 aromatic rings. The van der Waals surface area contributed by atoms with E-state index in [9.17, 15) is 4.79 Å². The van der Waals surface area contributed by atoms with E-state index in [1.165, 1.54) is 5.56 Å². The van der Waals surface area contributed by atoms with Gasteiger partial charge >= 0.3 is 0 Å². The van der Waals surface area contributed by atoms with Crippen LogP contribution in [0.1, 0.15) is 17.3 Å². The van der Waals surface area contributed by atoms with Crippen LogP contribution in [0.5, 0.6) is 0 Å². The molecule has 2 rings (SSSR count). The highest BCUT2D eigenvalue weighted by atomic mass is 16.5. The van der Waals surface area contributed by atoms with Gasteiger partial charge in [0, 0.05) is 13.7 Å². The lowest BCUT2D eigenvalue weighted by Crippen LogP contribution is -2.33. The van der Waals surface area contributed by atoms with Gasteiger partial charge in [-0.3, -0.25) is 10.1 Å². The summed E-state index contributed by atoms with van der Waals surface area (Å²) in [5.74, 6) is 0.133. The van der Waals surface area contributed by atoms with Crippen LogP contribution in [0.3, 0.4) is 0 Å². The number of hydrogen-bond acceptors (Lipinski definition) is 3. The maximum Gasteiger partial charge on any atom is 0.238 e. The fourth-order valence-corrected chi connectivity index (χ4v) is 2.12. The molecule has 0 radical (unpaired) electrons. The highest BCUT2D eigenvalue weighted by Gasteiger charge is 2.30. The van der Waals surface area contributed by atoms with Crippen molar-refractivity contribution in [1.82, 2.24) is 10.2 Å². The third-order valence-corrected chi connectivity index (χ3v) is 2.97. The zero-order chi connectivity index (χ0) is 12.3. The summed E-state index contributed by atoms with van der Waals surface area (Å²) >= 11 is 0. The van der Waals surface area contributed by atoms with Crippen LogP contribution in [-0.2, 0) is 9.53 Å². The first-order valence-electron chi connectivity index (χ1n) is 5.80. The van der Waals surface area contributed by atoms with Crippen molar-refractivity contribution in [2.45, 2.75) is 13.1 Å². The van der Waals surface area contributed by atoms with Crippen LogP contribution in [0.25, 0.3) is 0 Å². The molecule has 1 aliphatic heterocycles. The van der Waals surface area contributed by atoms with E-state index in [4.69, 9.17) is 4.74 Å². The van der Waals surface area contributed by atoms with Crippen LogP contribution in [0, 0.1) is 6.92 Å². The van der Waals surface area contributed by atoms with E-state index < -0.39 is 0 Å². The number of benzene rings is 1. The Morgan fingerprint density at radius 3 is 3.06 bits per heavy atom. The molecule has 1 aliphatic rings. The number of carbonyl (C=O) groups is 1. The molecule has 1 fully saturated rings. The lowest BCUT2D eigenvalue weighted by Gasteiger charge is -2.24. The van der Waals surface area contributed by atoms with Gasteiger partial charge in [0.2, 0.25) is 5.91 Å². The maximum atomic E-state index is 11.8. The predicted molar refractivity (Wildman–Crippen MR) is 65.5 cm³/mol. The van der Waals surface area contributed by atoms with E-state index in [0.717, 1.165) is 5.56 Å². The van der Waals surface area contributed by atoms with Crippen LogP contribution < -0.4 is 5.32 Å². The smallest absolute Gasteiger partial charge is 0.238 e. The summed E-state index contributed by atoms with van der Waals surface area (Å²) in [4.78, 5) is 13.6. The molecule has 0 aliphatic carbocycles. The molecule has 0 bridgehead atoms. The molecule has 4 heteroatoms. The summed E-state index contributed by atoms with van der Waals surface area (Å²) in [6, 6.07) is 8.22. The predicted octanol–water partition coefficient (Wildman–Crippen LogP) is 1.07. The summed E-state index contributed by atoms with van der Waals surface area (Å²) in [7, 11) is 1.65. The van der Waals surface area contributed by atoms with Crippen LogP contribution in [0.15, 0.2) is 24.3 Å². The summed E-state index contributed by atoms with van der Waals surface area (Å²) in [6.07, 6.45) is -0.0162. The number of ether oxygens (including phenoxy) is 1.